The normalized spacial score (nSPS) is 19.4. The van der Waals surface area contributed by atoms with Crippen LogP contribution in [0.15, 0.2) is 54.7 Å². The van der Waals surface area contributed by atoms with E-state index in [1.807, 2.05) is 12.1 Å². The van der Waals surface area contributed by atoms with Gasteiger partial charge in [0.15, 0.2) is 0 Å². The summed E-state index contributed by atoms with van der Waals surface area (Å²) in [6, 6.07) is 13.9. The first-order valence-electron chi connectivity index (χ1n) is 14.5. The summed E-state index contributed by atoms with van der Waals surface area (Å²) in [6.07, 6.45) is 3.28. The van der Waals surface area contributed by atoms with Crippen LogP contribution in [0.25, 0.3) is 0 Å². The standard InChI is InChI=1S/C32H30FN7O4/c33-23-14-20(29(35)19-10-12-39(13-11-19)26-8-4-18(15-34)16-37-26)5-6-21(23)17-36-24-3-1-2-22-28(24)32(44)40(31(22)43)25-7-9-27(41)38-30(25)42/h1-6,8,14,16,19,25,29,36H,7,9-13,17,35H2,(H,38,41,42)/t25-,29?/m0/s1. The molecule has 2 saturated heterocycles. The first-order chi connectivity index (χ1) is 21.2. The SMILES string of the molecule is N#Cc1ccc(N2CCC(C(N)c3ccc(CNc4cccc5c4C(=O)N([C@H]4CCC(=O)NC4=O)C5=O)c(F)c3)CC2)nc1. The van der Waals surface area contributed by atoms with Gasteiger partial charge in [-0.1, -0.05) is 18.2 Å². The number of benzene rings is 2. The number of nitrogens with two attached hydrogens (primary N) is 1. The molecule has 6 rings (SSSR count). The van der Waals surface area contributed by atoms with Crippen LogP contribution in [0.4, 0.5) is 15.9 Å². The Morgan fingerprint density at radius 1 is 1.07 bits per heavy atom. The number of nitriles is 1. The van der Waals surface area contributed by atoms with E-state index >= 15 is 4.39 Å². The molecule has 1 aromatic heterocycles. The molecular formula is C32H30FN7O4. The zero-order chi connectivity index (χ0) is 31.0. The lowest BCUT2D eigenvalue weighted by Gasteiger charge is -2.35. The molecule has 2 aromatic carbocycles. The van der Waals surface area contributed by atoms with E-state index in [0.29, 0.717) is 22.4 Å². The number of carbonyl (C=O) groups excluding carboxylic acids is 4. The molecule has 0 bridgehead atoms. The van der Waals surface area contributed by atoms with Crippen LogP contribution in [0.1, 0.15) is 69.1 Å². The lowest BCUT2D eigenvalue weighted by Crippen LogP contribution is -2.54. The van der Waals surface area contributed by atoms with Crippen LogP contribution in [0.2, 0.25) is 0 Å². The minimum absolute atomic E-state index is 0.0309. The summed E-state index contributed by atoms with van der Waals surface area (Å²) in [7, 11) is 0. The van der Waals surface area contributed by atoms with Gasteiger partial charge in [-0.2, -0.15) is 5.26 Å². The van der Waals surface area contributed by atoms with Crippen molar-refractivity contribution in [3.63, 3.8) is 0 Å². The summed E-state index contributed by atoms with van der Waals surface area (Å²) in [5.74, 6) is -1.82. The average Bonchev–Trinajstić information content (AvgIpc) is 3.29. The van der Waals surface area contributed by atoms with Crippen LogP contribution >= 0.6 is 0 Å². The molecule has 3 aliphatic heterocycles. The fraction of sp³-hybridized carbons (Fsp3) is 0.312. The summed E-state index contributed by atoms with van der Waals surface area (Å²) in [5.41, 5.74) is 8.76. The third-order valence-electron chi connectivity index (χ3n) is 8.65. The van der Waals surface area contributed by atoms with Gasteiger partial charge in [-0.05, 0) is 61.1 Å². The van der Waals surface area contributed by atoms with Crippen LogP contribution in [0, 0.1) is 23.1 Å². The van der Waals surface area contributed by atoms with Gasteiger partial charge in [0, 0.05) is 49.5 Å². The number of rotatable bonds is 7. The molecule has 4 heterocycles. The van der Waals surface area contributed by atoms with Gasteiger partial charge in [0.25, 0.3) is 11.8 Å². The van der Waals surface area contributed by atoms with Crippen LogP contribution in [0.5, 0.6) is 0 Å². The molecule has 0 saturated carbocycles. The molecule has 2 atom stereocenters. The number of nitrogens with one attached hydrogen (secondary N) is 2. The maximum absolute atomic E-state index is 15.3. The molecular weight excluding hydrogens is 565 g/mol. The van der Waals surface area contributed by atoms with E-state index in [1.54, 1.807) is 30.5 Å². The number of pyridine rings is 1. The van der Waals surface area contributed by atoms with E-state index in [-0.39, 0.29) is 42.5 Å². The predicted molar refractivity (Wildman–Crippen MR) is 158 cm³/mol. The van der Waals surface area contributed by atoms with Crippen LogP contribution in [0.3, 0.4) is 0 Å². The summed E-state index contributed by atoms with van der Waals surface area (Å²) < 4.78 is 15.3. The van der Waals surface area contributed by atoms with Gasteiger partial charge in [0.2, 0.25) is 11.8 Å². The van der Waals surface area contributed by atoms with E-state index < -0.39 is 35.5 Å². The highest BCUT2D eigenvalue weighted by Crippen LogP contribution is 2.34. The first kappa shape index (κ1) is 28.9. The second-order valence-corrected chi connectivity index (χ2v) is 11.2. The molecule has 0 spiro atoms. The number of amides is 4. The molecule has 1 unspecified atom stereocenters. The lowest BCUT2D eigenvalue weighted by molar-refractivity contribution is -0.136. The fourth-order valence-corrected chi connectivity index (χ4v) is 6.17. The van der Waals surface area contributed by atoms with Crippen molar-refractivity contribution in [3.8, 4) is 6.07 Å². The van der Waals surface area contributed by atoms with E-state index in [9.17, 15) is 19.2 Å². The molecule has 44 heavy (non-hydrogen) atoms. The Bertz CT molecular complexity index is 1700. The number of imide groups is 2. The highest BCUT2D eigenvalue weighted by molar-refractivity contribution is 6.25. The Hall–Kier alpha value is -5.15. The topological polar surface area (TPSA) is 162 Å². The van der Waals surface area contributed by atoms with Crippen molar-refractivity contribution >= 4 is 35.1 Å². The number of carbonyl (C=O) groups is 4. The van der Waals surface area contributed by atoms with E-state index in [1.165, 1.54) is 12.1 Å². The van der Waals surface area contributed by atoms with E-state index in [4.69, 9.17) is 11.0 Å². The summed E-state index contributed by atoms with van der Waals surface area (Å²) >= 11 is 0. The zero-order valence-corrected chi connectivity index (χ0v) is 23.8. The van der Waals surface area contributed by atoms with Gasteiger partial charge in [0.05, 0.1) is 16.7 Å². The number of nitrogens with zero attached hydrogens (tertiary/aromatic N) is 4. The molecule has 0 aliphatic carbocycles. The van der Waals surface area contributed by atoms with Crippen LogP contribution in [-0.2, 0) is 16.1 Å². The number of halogens is 1. The predicted octanol–water partition coefficient (Wildman–Crippen LogP) is 3.02. The monoisotopic (exact) mass is 595 g/mol. The minimum Gasteiger partial charge on any atom is -0.380 e. The summed E-state index contributed by atoms with van der Waals surface area (Å²) in [6.45, 7) is 1.56. The van der Waals surface area contributed by atoms with Crippen molar-refractivity contribution in [2.75, 3.05) is 23.3 Å². The molecule has 2 fully saturated rings. The smallest absolute Gasteiger partial charge is 0.264 e. The number of aromatic nitrogens is 1. The van der Waals surface area contributed by atoms with Gasteiger partial charge in [-0.25, -0.2) is 9.37 Å². The highest BCUT2D eigenvalue weighted by atomic mass is 19.1. The minimum atomic E-state index is -1.07. The van der Waals surface area contributed by atoms with Gasteiger partial charge in [0.1, 0.15) is 23.7 Å². The van der Waals surface area contributed by atoms with Gasteiger partial charge >= 0.3 is 0 Å². The molecule has 0 radical (unpaired) electrons. The van der Waals surface area contributed by atoms with Crippen molar-refractivity contribution in [1.82, 2.24) is 15.2 Å². The fourth-order valence-electron chi connectivity index (χ4n) is 6.17. The Balaban J connectivity index is 1.10. The second-order valence-electron chi connectivity index (χ2n) is 11.2. The first-order valence-corrected chi connectivity index (χ1v) is 14.5. The quantitative estimate of drug-likeness (QED) is 0.349. The third-order valence-corrected chi connectivity index (χ3v) is 8.65. The maximum atomic E-state index is 15.3. The molecule has 11 nitrogen and oxygen atoms in total. The Morgan fingerprint density at radius 3 is 2.55 bits per heavy atom. The summed E-state index contributed by atoms with van der Waals surface area (Å²) in [5, 5.41) is 14.2. The number of fused-ring (bicyclic) bond motifs is 1. The Morgan fingerprint density at radius 2 is 1.86 bits per heavy atom. The number of hydrogen-bond acceptors (Lipinski definition) is 9. The zero-order valence-electron chi connectivity index (χ0n) is 23.8. The lowest BCUT2D eigenvalue weighted by atomic mass is 9.85. The molecule has 12 heteroatoms. The molecule has 4 N–H and O–H groups in total. The summed E-state index contributed by atoms with van der Waals surface area (Å²) in [4.78, 5) is 57.8. The maximum Gasteiger partial charge on any atom is 0.264 e. The number of anilines is 2. The molecule has 224 valence electrons. The average molecular weight is 596 g/mol. The highest BCUT2D eigenvalue weighted by Gasteiger charge is 2.45. The van der Waals surface area contributed by atoms with Gasteiger partial charge in [-0.15, -0.1) is 0 Å². The van der Waals surface area contributed by atoms with Crippen molar-refractivity contribution in [1.29, 1.82) is 5.26 Å². The second kappa shape index (κ2) is 11.9. The van der Waals surface area contributed by atoms with Crippen molar-refractivity contribution in [3.05, 3.63) is 88.4 Å². The third kappa shape index (κ3) is 5.38. The molecule has 3 aliphatic rings. The number of hydrogen-bond donors (Lipinski definition) is 3. The number of piperidine rings is 2. The Labute approximate surface area is 252 Å². The Kier molecular flexibility index (Phi) is 7.80. The van der Waals surface area contributed by atoms with Crippen molar-refractivity contribution < 1.29 is 23.6 Å². The van der Waals surface area contributed by atoms with Crippen LogP contribution < -0.4 is 21.3 Å². The van der Waals surface area contributed by atoms with Crippen molar-refractivity contribution in [2.24, 2.45) is 11.7 Å². The largest absolute Gasteiger partial charge is 0.380 e. The van der Waals surface area contributed by atoms with E-state index in [0.717, 1.165) is 36.6 Å². The van der Waals surface area contributed by atoms with Gasteiger partial charge in [-0.3, -0.25) is 29.4 Å². The van der Waals surface area contributed by atoms with Gasteiger partial charge < -0.3 is 16.0 Å². The van der Waals surface area contributed by atoms with Crippen LogP contribution in [-0.4, -0.2) is 52.6 Å². The molecule has 4 amide bonds. The van der Waals surface area contributed by atoms with Crippen molar-refractivity contribution in [2.45, 2.75) is 44.3 Å². The molecule has 3 aromatic rings. The van der Waals surface area contributed by atoms with E-state index in [2.05, 4.69) is 26.6 Å².